The van der Waals surface area contributed by atoms with E-state index in [1.807, 2.05) is 0 Å². The number of benzene rings is 2. The van der Waals surface area contributed by atoms with Crippen LogP contribution >= 0.6 is 0 Å². The molecule has 2 aromatic rings. The summed E-state index contributed by atoms with van der Waals surface area (Å²) in [5.41, 5.74) is -0.346. The van der Waals surface area contributed by atoms with E-state index >= 15 is 0 Å². The van der Waals surface area contributed by atoms with Gasteiger partial charge >= 0.3 is 0 Å². The van der Waals surface area contributed by atoms with Gasteiger partial charge in [0.1, 0.15) is 17.4 Å². The molecule has 2 rings (SSSR count). The predicted molar refractivity (Wildman–Crippen MR) is 58.2 cm³/mol. The van der Waals surface area contributed by atoms with Crippen molar-refractivity contribution < 1.29 is 22.7 Å². The van der Waals surface area contributed by atoms with Gasteiger partial charge in [-0.2, -0.15) is 0 Å². The van der Waals surface area contributed by atoms with E-state index in [9.17, 15) is 18.0 Å². The first-order valence-corrected chi connectivity index (χ1v) is 4.98. The summed E-state index contributed by atoms with van der Waals surface area (Å²) in [5.74, 6) is -2.88. The minimum absolute atomic E-state index is 0.172. The highest BCUT2D eigenvalue weighted by atomic mass is 19.1. The highest BCUT2D eigenvalue weighted by Gasteiger charge is 2.12. The maximum atomic E-state index is 13.3. The van der Waals surface area contributed by atoms with Gasteiger partial charge in [-0.3, -0.25) is 4.79 Å². The van der Waals surface area contributed by atoms with Gasteiger partial charge in [0.05, 0.1) is 5.56 Å². The van der Waals surface area contributed by atoms with Crippen LogP contribution in [0.25, 0.3) is 0 Å². The molecule has 2 aromatic carbocycles. The molecule has 0 radical (unpaired) electrons. The zero-order valence-electron chi connectivity index (χ0n) is 8.99. The smallest absolute Gasteiger partial charge is 0.166 e. The van der Waals surface area contributed by atoms with E-state index in [2.05, 4.69) is 0 Å². The SMILES string of the molecule is O=Cc1c(F)cccc1Oc1cc(F)ccc1F. The van der Waals surface area contributed by atoms with E-state index in [-0.39, 0.29) is 17.6 Å². The molecule has 92 valence electrons. The lowest BCUT2D eigenvalue weighted by Crippen LogP contribution is -1.96. The van der Waals surface area contributed by atoms with E-state index in [0.29, 0.717) is 0 Å². The topological polar surface area (TPSA) is 26.3 Å². The average Bonchev–Trinajstić information content (AvgIpc) is 2.34. The second kappa shape index (κ2) is 4.91. The van der Waals surface area contributed by atoms with Gasteiger partial charge in [0.25, 0.3) is 0 Å². The van der Waals surface area contributed by atoms with Crippen LogP contribution in [0.1, 0.15) is 10.4 Å². The Hall–Kier alpha value is -2.30. The van der Waals surface area contributed by atoms with Crippen molar-refractivity contribution in [1.82, 2.24) is 0 Å². The third-order valence-corrected chi connectivity index (χ3v) is 2.24. The third-order valence-electron chi connectivity index (χ3n) is 2.24. The molecule has 5 heteroatoms. The largest absolute Gasteiger partial charge is 0.453 e. The van der Waals surface area contributed by atoms with Crippen molar-refractivity contribution in [3.05, 3.63) is 59.4 Å². The number of ether oxygens (including phenoxy) is 1. The average molecular weight is 252 g/mol. The normalized spacial score (nSPS) is 10.2. The lowest BCUT2D eigenvalue weighted by atomic mass is 10.2. The molecule has 0 aliphatic heterocycles. The van der Waals surface area contributed by atoms with E-state index in [1.165, 1.54) is 12.1 Å². The molecule has 0 atom stereocenters. The van der Waals surface area contributed by atoms with Gasteiger partial charge in [-0.25, -0.2) is 13.2 Å². The van der Waals surface area contributed by atoms with Gasteiger partial charge < -0.3 is 4.74 Å². The number of carbonyl (C=O) groups excluding carboxylic acids is 1. The Kier molecular flexibility index (Phi) is 3.32. The van der Waals surface area contributed by atoms with Gasteiger partial charge in [0, 0.05) is 6.07 Å². The van der Waals surface area contributed by atoms with Crippen LogP contribution in [0.15, 0.2) is 36.4 Å². The fraction of sp³-hybridized carbons (Fsp3) is 0. The first-order chi connectivity index (χ1) is 8.61. The monoisotopic (exact) mass is 252 g/mol. The Morgan fingerprint density at radius 1 is 0.944 bits per heavy atom. The van der Waals surface area contributed by atoms with Crippen molar-refractivity contribution in [3.63, 3.8) is 0 Å². The van der Waals surface area contributed by atoms with Crippen LogP contribution in [-0.2, 0) is 0 Å². The maximum absolute atomic E-state index is 13.3. The van der Waals surface area contributed by atoms with Gasteiger partial charge in [-0.15, -0.1) is 0 Å². The summed E-state index contributed by atoms with van der Waals surface area (Å²) < 4.78 is 44.5. The Labute approximate surface area is 101 Å². The zero-order valence-corrected chi connectivity index (χ0v) is 8.99. The Bertz CT molecular complexity index is 597. The molecular weight excluding hydrogens is 245 g/mol. The van der Waals surface area contributed by atoms with E-state index < -0.39 is 23.2 Å². The van der Waals surface area contributed by atoms with E-state index in [1.54, 1.807) is 0 Å². The number of aldehydes is 1. The molecule has 0 aliphatic rings. The summed E-state index contributed by atoms with van der Waals surface area (Å²) in [6.07, 6.45) is 0.252. The van der Waals surface area contributed by atoms with Crippen LogP contribution in [-0.4, -0.2) is 6.29 Å². The standard InChI is InChI=1S/C13H7F3O2/c14-8-4-5-11(16)13(6-8)18-12-3-1-2-10(15)9(12)7-17/h1-7H. The zero-order chi connectivity index (χ0) is 13.1. The fourth-order valence-corrected chi connectivity index (χ4v) is 1.39. The molecule has 0 bridgehead atoms. The van der Waals surface area contributed by atoms with E-state index in [0.717, 1.165) is 24.3 Å². The third kappa shape index (κ3) is 2.34. The molecule has 0 unspecified atom stereocenters. The maximum Gasteiger partial charge on any atom is 0.166 e. The molecule has 0 saturated heterocycles. The predicted octanol–water partition coefficient (Wildman–Crippen LogP) is 3.71. The van der Waals surface area contributed by atoms with Crippen LogP contribution in [0.4, 0.5) is 13.2 Å². The second-order valence-electron chi connectivity index (χ2n) is 3.45. The summed E-state index contributed by atoms with van der Waals surface area (Å²) in [7, 11) is 0. The van der Waals surface area contributed by atoms with E-state index in [4.69, 9.17) is 4.74 Å². The van der Waals surface area contributed by atoms with Crippen LogP contribution in [0, 0.1) is 17.5 Å². The molecule has 2 nitrogen and oxygen atoms in total. The molecular formula is C13H7F3O2. The quantitative estimate of drug-likeness (QED) is 0.778. The van der Waals surface area contributed by atoms with Gasteiger partial charge in [-0.1, -0.05) is 6.07 Å². The Morgan fingerprint density at radius 2 is 1.72 bits per heavy atom. The van der Waals surface area contributed by atoms with Crippen molar-refractivity contribution in [2.75, 3.05) is 0 Å². The molecule has 0 amide bonds. The number of rotatable bonds is 3. The van der Waals surface area contributed by atoms with Crippen molar-refractivity contribution in [2.45, 2.75) is 0 Å². The van der Waals surface area contributed by atoms with Crippen LogP contribution < -0.4 is 4.74 Å². The Balaban J connectivity index is 2.43. The molecule has 0 aromatic heterocycles. The van der Waals surface area contributed by atoms with Crippen molar-refractivity contribution in [3.8, 4) is 11.5 Å². The minimum atomic E-state index is -0.808. The molecule has 0 fully saturated rings. The molecule has 0 spiro atoms. The highest BCUT2D eigenvalue weighted by molar-refractivity contribution is 5.79. The second-order valence-corrected chi connectivity index (χ2v) is 3.45. The summed E-state index contributed by atoms with van der Waals surface area (Å²) >= 11 is 0. The Morgan fingerprint density at radius 3 is 2.44 bits per heavy atom. The van der Waals surface area contributed by atoms with Crippen molar-refractivity contribution in [2.24, 2.45) is 0 Å². The summed E-state index contributed by atoms with van der Waals surface area (Å²) in [4.78, 5) is 10.7. The molecule has 18 heavy (non-hydrogen) atoms. The van der Waals surface area contributed by atoms with Gasteiger partial charge in [0.15, 0.2) is 17.9 Å². The lowest BCUT2D eigenvalue weighted by Gasteiger charge is -2.09. The fourth-order valence-electron chi connectivity index (χ4n) is 1.39. The van der Waals surface area contributed by atoms with Gasteiger partial charge in [-0.05, 0) is 24.3 Å². The summed E-state index contributed by atoms with van der Waals surface area (Å²) in [5, 5.41) is 0. The highest BCUT2D eigenvalue weighted by Crippen LogP contribution is 2.28. The van der Waals surface area contributed by atoms with Crippen molar-refractivity contribution in [1.29, 1.82) is 0 Å². The van der Waals surface area contributed by atoms with Crippen LogP contribution in [0.5, 0.6) is 11.5 Å². The first-order valence-electron chi connectivity index (χ1n) is 4.98. The number of carbonyl (C=O) groups is 1. The summed E-state index contributed by atoms with van der Waals surface area (Å²) in [6, 6.07) is 6.28. The minimum Gasteiger partial charge on any atom is -0.453 e. The first kappa shape index (κ1) is 12.2. The number of hydrogen-bond acceptors (Lipinski definition) is 2. The molecule has 0 saturated carbocycles. The molecule has 0 aliphatic carbocycles. The lowest BCUT2D eigenvalue weighted by molar-refractivity contribution is 0.111. The molecule has 0 heterocycles. The molecule has 0 N–H and O–H groups in total. The summed E-state index contributed by atoms with van der Waals surface area (Å²) in [6.45, 7) is 0. The van der Waals surface area contributed by atoms with Crippen LogP contribution in [0.3, 0.4) is 0 Å². The van der Waals surface area contributed by atoms with Crippen LogP contribution in [0.2, 0.25) is 0 Å². The number of hydrogen-bond donors (Lipinski definition) is 0. The van der Waals surface area contributed by atoms with Crippen molar-refractivity contribution >= 4 is 6.29 Å². The number of halogens is 3. The van der Waals surface area contributed by atoms with Gasteiger partial charge in [0.2, 0.25) is 0 Å².